The molecule has 2 heteroatoms. The van der Waals surface area contributed by atoms with Crippen LogP contribution in [0.15, 0.2) is 5.57 Å². The summed E-state index contributed by atoms with van der Waals surface area (Å²) in [4.78, 5) is 10.5. The molecule has 0 N–H and O–H groups in total. The molecule has 1 radical (unpaired) electrons. The first-order valence-electron chi connectivity index (χ1n) is 2.41. The predicted octanol–water partition coefficient (Wildman–Crippen LogP) is 1.10. The average molecular weight is 184 g/mol. The fourth-order valence-corrected chi connectivity index (χ4v) is 0.650. The molecule has 0 aromatic rings. The van der Waals surface area contributed by atoms with Crippen LogP contribution in [0.1, 0.15) is 19.8 Å². The average Bonchev–Trinajstić information content (AvgIpc) is 1.91. The molecule has 0 heterocycles. The van der Waals surface area contributed by atoms with E-state index in [9.17, 15) is 4.79 Å². The molecule has 8 heavy (non-hydrogen) atoms. The van der Waals surface area contributed by atoms with Gasteiger partial charge in [-0.15, -0.1) is 6.42 Å². The van der Waals surface area contributed by atoms with Gasteiger partial charge in [0.05, 0.1) is 0 Å². The third-order valence-corrected chi connectivity index (χ3v) is 1.16. The van der Waals surface area contributed by atoms with Gasteiger partial charge in [0, 0.05) is 38.5 Å². The topological polar surface area (TPSA) is 17.1 Å². The molecule has 0 atom stereocenters. The van der Waals surface area contributed by atoms with Crippen molar-refractivity contribution in [2.75, 3.05) is 0 Å². The maximum atomic E-state index is 10.5. The molecule has 0 aliphatic heterocycles. The summed E-state index contributed by atoms with van der Waals surface area (Å²) in [5.41, 5.74) is 0.819. The van der Waals surface area contributed by atoms with E-state index in [1.54, 1.807) is 0 Å². The molecule has 1 aliphatic carbocycles. The molecule has 0 amide bonds. The van der Waals surface area contributed by atoms with E-state index in [0.717, 1.165) is 12.0 Å². The van der Waals surface area contributed by atoms with Gasteiger partial charge in [-0.25, -0.2) is 0 Å². The molecule has 0 aromatic heterocycles. The Morgan fingerprint density at radius 2 is 2.25 bits per heavy atom. The Morgan fingerprint density at radius 1 is 1.62 bits per heavy atom. The van der Waals surface area contributed by atoms with Crippen molar-refractivity contribution in [2.45, 2.75) is 19.8 Å². The summed E-state index contributed by atoms with van der Waals surface area (Å²) in [6.07, 6.45) is 4.46. The number of hydrogen-bond donors (Lipinski definition) is 0. The van der Waals surface area contributed by atoms with Crippen LogP contribution in [0.25, 0.3) is 0 Å². The number of allylic oxidation sites excluding steroid dienone is 2. The van der Waals surface area contributed by atoms with Gasteiger partial charge >= 0.3 is 0 Å². The van der Waals surface area contributed by atoms with E-state index in [4.69, 9.17) is 0 Å². The van der Waals surface area contributed by atoms with Crippen LogP contribution in [0, 0.1) is 6.08 Å². The van der Waals surface area contributed by atoms with Gasteiger partial charge in [0.25, 0.3) is 0 Å². The Bertz CT molecular complexity index is 126. The maximum absolute atomic E-state index is 10.5. The first-order chi connectivity index (χ1) is 3.30. The van der Waals surface area contributed by atoms with Crippen LogP contribution in [-0.4, -0.2) is 5.78 Å². The predicted molar refractivity (Wildman–Crippen MR) is 26.7 cm³/mol. The fourth-order valence-electron chi connectivity index (χ4n) is 0.650. The minimum atomic E-state index is 0. The second-order valence-corrected chi connectivity index (χ2v) is 1.72. The zero-order valence-electron chi connectivity index (χ0n) is 4.90. The zero-order chi connectivity index (χ0) is 5.28. The van der Waals surface area contributed by atoms with Crippen molar-refractivity contribution in [1.29, 1.82) is 0 Å². The van der Waals surface area contributed by atoms with Crippen LogP contribution >= 0.6 is 0 Å². The molecular formula is C6H7OY-. The summed E-state index contributed by atoms with van der Waals surface area (Å²) in [5, 5.41) is 0. The molecule has 41 valence electrons. The molecule has 1 nitrogen and oxygen atoms in total. The Balaban J connectivity index is 0.000000490. The fraction of sp³-hybridized carbons (Fsp3) is 0.500. The maximum Gasteiger partial charge on any atom is 0.00217 e. The van der Waals surface area contributed by atoms with E-state index >= 15 is 0 Å². The van der Waals surface area contributed by atoms with Crippen molar-refractivity contribution in [3.8, 4) is 0 Å². The SMILES string of the molecule is CC1=[C-]CCC1=O.[Y]. The minimum absolute atomic E-state index is 0. The van der Waals surface area contributed by atoms with E-state index in [1.807, 2.05) is 6.92 Å². The summed E-state index contributed by atoms with van der Waals surface area (Å²) >= 11 is 0. The van der Waals surface area contributed by atoms with Gasteiger partial charge in [0.1, 0.15) is 0 Å². The van der Waals surface area contributed by atoms with Crippen LogP contribution < -0.4 is 0 Å². The van der Waals surface area contributed by atoms with Crippen LogP contribution in [0.3, 0.4) is 0 Å². The first-order valence-corrected chi connectivity index (χ1v) is 2.41. The van der Waals surface area contributed by atoms with E-state index in [0.29, 0.717) is 6.42 Å². The van der Waals surface area contributed by atoms with Crippen molar-refractivity contribution < 1.29 is 37.5 Å². The second-order valence-electron chi connectivity index (χ2n) is 1.72. The number of ketones is 1. The molecule has 0 aromatic carbocycles. The van der Waals surface area contributed by atoms with Gasteiger partial charge in [-0.2, -0.15) is 5.57 Å². The van der Waals surface area contributed by atoms with Gasteiger partial charge in [-0.3, -0.25) is 6.08 Å². The van der Waals surface area contributed by atoms with Gasteiger partial charge in [-0.1, -0.05) is 13.3 Å². The molecule has 0 saturated heterocycles. The Hall–Kier alpha value is 0.514. The second kappa shape index (κ2) is 3.52. The van der Waals surface area contributed by atoms with E-state index < -0.39 is 0 Å². The van der Waals surface area contributed by atoms with Crippen LogP contribution in [-0.2, 0) is 37.5 Å². The van der Waals surface area contributed by atoms with Gasteiger partial charge in [-0.05, 0) is 0 Å². The number of rotatable bonds is 0. The quantitative estimate of drug-likeness (QED) is 0.515. The third-order valence-electron chi connectivity index (χ3n) is 1.16. The van der Waals surface area contributed by atoms with Gasteiger partial charge in [0.2, 0.25) is 0 Å². The number of carbonyl (C=O) groups excluding carboxylic acids is 1. The Labute approximate surface area is 74.4 Å². The molecule has 0 saturated carbocycles. The van der Waals surface area contributed by atoms with E-state index in [1.165, 1.54) is 0 Å². The van der Waals surface area contributed by atoms with Crippen LogP contribution in [0.5, 0.6) is 0 Å². The monoisotopic (exact) mass is 184 g/mol. The number of hydrogen-bond acceptors (Lipinski definition) is 1. The molecule has 0 fully saturated rings. The smallest absolute Gasteiger partial charge is 0.00217 e. The molecule has 1 aliphatic rings. The summed E-state index contributed by atoms with van der Waals surface area (Å²) in [7, 11) is 0. The van der Waals surface area contributed by atoms with Gasteiger partial charge < -0.3 is 4.79 Å². The van der Waals surface area contributed by atoms with Crippen molar-refractivity contribution in [3.05, 3.63) is 11.6 Å². The normalized spacial score (nSPS) is 17.6. The largest absolute Gasteiger partial charge is 0.407 e. The minimum Gasteiger partial charge on any atom is -0.407 e. The summed E-state index contributed by atoms with van der Waals surface area (Å²) in [6.45, 7) is 1.81. The molecule has 0 unspecified atom stereocenters. The van der Waals surface area contributed by atoms with Gasteiger partial charge in [0.15, 0.2) is 0 Å². The molecule has 0 spiro atoms. The molecule has 0 bridgehead atoms. The standard InChI is InChI=1S/C6H7O.Y/c1-5-3-2-4-6(5)7;/h2,4H2,1H3;/q-1;. The number of carbonyl (C=O) groups is 1. The van der Waals surface area contributed by atoms with Crippen LogP contribution in [0.4, 0.5) is 0 Å². The molecule has 1 rings (SSSR count). The van der Waals surface area contributed by atoms with Crippen molar-refractivity contribution >= 4 is 5.78 Å². The van der Waals surface area contributed by atoms with E-state index in [2.05, 4.69) is 6.08 Å². The summed E-state index contributed by atoms with van der Waals surface area (Å²) in [6, 6.07) is 0. The summed E-state index contributed by atoms with van der Waals surface area (Å²) in [5.74, 6) is 0.264. The van der Waals surface area contributed by atoms with Crippen LogP contribution in [0.2, 0.25) is 0 Å². The Morgan fingerprint density at radius 3 is 2.38 bits per heavy atom. The number of Topliss-reactive ketones (excluding diaryl/α,β-unsaturated/α-hetero) is 1. The van der Waals surface area contributed by atoms with Crippen molar-refractivity contribution in [1.82, 2.24) is 0 Å². The Kier molecular flexibility index (Phi) is 3.75. The summed E-state index contributed by atoms with van der Waals surface area (Å²) < 4.78 is 0. The molecular weight excluding hydrogens is 177 g/mol. The third kappa shape index (κ3) is 1.79. The van der Waals surface area contributed by atoms with Crippen molar-refractivity contribution in [3.63, 3.8) is 0 Å². The first kappa shape index (κ1) is 8.51. The van der Waals surface area contributed by atoms with E-state index in [-0.39, 0.29) is 38.5 Å². The van der Waals surface area contributed by atoms with Crippen molar-refractivity contribution in [2.24, 2.45) is 0 Å². The zero-order valence-corrected chi connectivity index (χ0v) is 7.74.